The van der Waals surface area contributed by atoms with Gasteiger partial charge in [0, 0.05) is 43.3 Å². The third-order valence-electron chi connectivity index (χ3n) is 5.44. The summed E-state index contributed by atoms with van der Waals surface area (Å²) >= 11 is 6.00. The van der Waals surface area contributed by atoms with Crippen LogP contribution in [0.15, 0.2) is 78.9 Å². The number of phenols is 1. The van der Waals surface area contributed by atoms with Gasteiger partial charge in [0.1, 0.15) is 5.75 Å². The average Bonchev–Trinajstić information content (AvgIpc) is 2.73. The van der Waals surface area contributed by atoms with Crippen molar-refractivity contribution in [3.05, 3.63) is 101 Å². The second kappa shape index (κ2) is 8.78. The van der Waals surface area contributed by atoms with Crippen LogP contribution in [0.2, 0.25) is 5.02 Å². The molecule has 0 aliphatic carbocycles. The highest BCUT2D eigenvalue weighted by atomic mass is 35.5. The van der Waals surface area contributed by atoms with Crippen LogP contribution in [0, 0.1) is 0 Å². The summed E-state index contributed by atoms with van der Waals surface area (Å²) in [7, 11) is 0. The van der Waals surface area contributed by atoms with Gasteiger partial charge in [-0.25, -0.2) is 0 Å². The first-order valence-corrected chi connectivity index (χ1v) is 10.1. The topological polar surface area (TPSA) is 26.7 Å². The number of aromatic hydroxyl groups is 1. The Morgan fingerprint density at radius 2 is 1.43 bits per heavy atom. The molecule has 4 rings (SSSR count). The van der Waals surface area contributed by atoms with E-state index < -0.39 is 0 Å². The maximum Gasteiger partial charge on any atom is 0.120 e. The van der Waals surface area contributed by atoms with Crippen LogP contribution in [0.25, 0.3) is 0 Å². The van der Waals surface area contributed by atoms with E-state index in [0.717, 1.165) is 43.3 Å². The largest absolute Gasteiger partial charge is 0.508 e. The molecule has 1 fully saturated rings. The lowest BCUT2D eigenvalue weighted by Crippen LogP contribution is -2.47. The fraction of sp³-hybridized carbons (Fsp3) is 0.250. The third-order valence-corrected chi connectivity index (χ3v) is 5.69. The molecule has 0 bridgehead atoms. The number of para-hydroxylation sites is 1. The van der Waals surface area contributed by atoms with E-state index in [2.05, 4.69) is 46.2 Å². The fourth-order valence-corrected chi connectivity index (χ4v) is 4.09. The van der Waals surface area contributed by atoms with Crippen molar-refractivity contribution in [2.24, 2.45) is 0 Å². The number of piperazine rings is 1. The molecule has 1 N–H and O–H groups in total. The molecule has 0 aromatic heterocycles. The van der Waals surface area contributed by atoms with Crippen molar-refractivity contribution in [2.75, 3.05) is 26.2 Å². The van der Waals surface area contributed by atoms with Crippen molar-refractivity contribution in [3.8, 4) is 5.75 Å². The maximum atomic E-state index is 10.5. The highest BCUT2D eigenvalue weighted by Gasteiger charge is 2.27. The predicted molar refractivity (Wildman–Crippen MR) is 115 cm³/mol. The first-order chi connectivity index (χ1) is 13.7. The monoisotopic (exact) mass is 392 g/mol. The molecule has 0 spiro atoms. The van der Waals surface area contributed by atoms with Crippen molar-refractivity contribution < 1.29 is 5.11 Å². The zero-order chi connectivity index (χ0) is 19.3. The first-order valence-electron chi connectivity index (χ1n) is 9.74. The smallest absolute Gasteiger partial charge is 0.120 e. The molecule has 4 heteroatoms. The third kappa shape index (κ3) is 4.39. The van der Waals surface area contributed by atoms with Gasteiger partial charge in [-0.05, 0) is 29.3 Å². The van der Waals surface area contributed by atoms with Gasteiger partial charge in [0.15, 0.2) is 0 Å². The van der Waals surface area contributed by atoms with E-state index in [1.165, 1.54) is 11.1 Å². The van der Waals surface area contributed by atoms with Gasteiger partial charge in [0.25, 0.3) is 0 Å². The number of rotatable bonds is 5. The van der Waals surface area contributed by atoms with E-state index in [-0.39, 0.29) is 6.04 Å². The first kappa shape index (κ1) is 19.0. The minimum Gasteiger partial charge on any atom is -0.508 e. The minimum atomic E-state index is 0.0695. The van der Waals surface area contributed by atoms with Crippen LogP contribution in [0.5, 0.6) is 5.75 Å². The van der Waals surface area contributed by atoms with E-state index in [1.807, 2.05) is 36.4 Å². The van der Waals surface area contributed by atoms with Crippen LogP contribution in [-0.4, -0.2) is 41.1 Å². The molecule has 3 aromatic rings. The van der Waals surface area contributed by atoms with E-state index in [4.69, 9.17) is 11.6 Å². The second-order valence-corrected chi connectivity index (χ2v) is 7.75. The van der Waals surface area contributed by atoms with Crippen molar-refractivity contribution in [2.45, 2.75) is 12.6 Å². The van der Waals surface area contributed by atoms with E-state index in [1.54, 1.807) is 6.07 Å². The van der Waals surface area contributed by atoms with Crippen molar-refractivity contribution in [3.63, 3.8) is 0 Å². The fourth-order valence-electron chi connectivity index (χ4n) is 3.97. The lowest BCUT2D eigenvalue weighted by molar-refractivity contribution is 0.104. The van der Waals surface area contributed by atoms with Gasteiger partial charge in [-0.3, -0.25) is 9.80 Å². The molecule has 1 saturated heterocycles. The molecule has 1 aliphatic heterocycles. The van der Waals surface area contributed by atoms with Gasteiger partial charge in [-0.2, -0.15) is 0 Å². The Kier molecular flexibility index (Phi) is 5.96. The Morgan fingerprint density at radius 3 is 2.11 bits per heavy atom. The molecular weight excluding hydrogens is 368 g/mol. The van der Waals surface area contributed by atoms with Gasteiger partial charge in [0.05, 0.1) is 6.04 Å². The number of halogens is 1. The Bertz CT molecular complexity index is 890. The van der Waals surface area contributed by atoms with Crippen LogP contribution >= 0.6 is 11.6 Å². The molecule has 0 amide bonds. The maximum absolute atomic E-state index is 10.5. The van der Waals surface area contributed by atoms with Crippen LogP contribution in [0.4, 0.5) is 0 Å². The Balaban J connectivity index is 1.50. The number of hydrogen-bond donors (Lipinski definition) is 1. The number of nitrogens with zero attached hydrogens (tertiary/aromatic N) is 2. The van der Waals surface area contributed by atoms with Crippen LogP contribution < -0.4 is 0 Å². The molecular formula is C24H25ClN2O. The predicted octanol–water partition coefficient (Wildman–Crippen LogP) is 4.95. The lowest BCUT2D eigenvalue weighted by Gasteiger charge is -2.40. The SMILES string of the molecule is Oc1ccccc1C(c1ccccc1)N1CCN(Cc2ccc(Cl)cc2)CC1. The van der Waals surface area contributed by atoms with Gasteiger partial charge in [-0.15, -0.1) is 0 Å². The number of phenolic OH excluding ortho intramolecular Hbond substituents is 1. The molecule has 1 unspecified atom stereocenters. The molecule has 0 radical (unpaired) electrons. The second-order valence-electron chi connectivity index (χ2n) is 7.31. The summed E-state index contributed by atoms with van der Waals surface area (Å²) in [5, 5.41) is 11.3. The lowest BCUT2D eigenvalue weighted by atomic mass is 9.95. The minimum absolute atomic E-state index is 0.0695. The summed E-state index contributed by atoms with van der Waals surface area (Å²) in [4.78, 5) is 4.95. The summed E-state index contributed by atoms with van der Waals surface area (Å²) in [6.45, 7) is 4.86. The number of hydrogen-bond acceptors (Lipinski definition) is 3. The zero-order valence-electron chi connectivity index (χ0n) is 15.8. The molecule has 3 nitrogen and oxygen atoms in total. The molecule has 144 valence electrons. The zero-order valence-corrected chi connectivity index (χ0v) is 16.6. The molecule has 1 heterocycles. The van der Waals surface area contributed by atoms with E-state index >= 15 is 0 Å². The average molecular weight is 393 g/mol. The van der Waals surface area contributed by atoms with Gasteiger partial charge in [-0.1, -0.05) is 72.3 Å². The Labute approximate surface area is 171 Å². The molecule has 0 saturated carbocycles. The highest BCUT2D eigenvalue weighted by molar-refractivity contribution is 6.30. The summed E-state index contributed by atoms with van der Waals surface area (Å²) in [5.74, 6) is 0.361. The van der Waals surface area contributed by atoms with Crippen LogP contribution in [0.1, 0.15) is 22.7 Å². The Morgan fingerprint density at radius 1 is 0.786 bits per heavy atom. The van der Waals surface area contributed by atoms with Crippen molar-refractivity contribution in [1.29, 1.82) is 0 Å². The molecule has 1 aliphatic rings. The standard InChI is InChI=1S/C24H25ClN2O/c25-21-12-10-19(11-13-21)18-26-14-16-27(17-15-26)24(20-6-2-1-3-7-20)22-8-4-5-9-23(22)28/h1-13,24,28H,14-18H2. The summed E-state index contributed by atoms with van der Waals surface area (Å²) in [5.41, 5.74) is 3.48. The molecule has 28 heavy (non-hydrogen) atoms. The quantitative estimate of drug-likeness (QED) is 0.665. The molecule has 3 aromatic carbocycles. The highest BCUT2D eigenvalue weighted by Crippen LogP contribution is 2.34. The Hall–Kier alpha value is -2.33. The normalized spacial score (nSPS) is 16.8. The van der Waals surface area contributed by atoms with E-state index in [0.29, 0.717) is 5.75 Å². The van der Waals surface area contributed by atoms with Gasteiger partial charge in [0.2, 0.25) is 0 Å². The van der Waals surface area contributed by atoms with Crippen LogP contribution in [0.3, 0.4) is 0 Å². The molecule has 1 atom stereocenters. The number of benzene rings is 3. The van der Waals surface area contributed by atoms with E-state index in [9.17, 15) is 5.11 Å². The summed E-state index contributed by atoms with van der Waals surface area (Å²) in [6, 6.07) is 26.4. The van der Waals surface area contributed by atoms with Crippen molar-refractivity contribution in [1.82, 2.24) is 9.80 Å². The summed E-state index contributed by atoms with van der Waals surface area (Å²) in [6.07, 6.45) is 0. The van der Waals surface area contributed by atoms with Crippen LogP contribution in [-0.2, 0) is 6.54 Å². The van der Waals surface area contributed by atoms with Gasteiger partial charge < -0.3 is 5.11 Å². The summed E-state index contributed by atoms with van der Waals surface area (Å²) < 4.78 is 0. The van der Waals surface area contributed by atoms with Gasteiger partial charge >= 0.3 is 0 Å². The van der Waals surface area contributed by atoms with Crippen molar-refractivity contribution >= 4 is 11.6 Å².